The van der Waals surface area contributed by atoms with Gasteiger partial charge in [0.05, 0.1) is 11.3 Å². The molecule has 1 aliphatic rings. The molecule has 1 aromatic carbocycles. The molecule has 0 bridgehead atoms. The van der Waals surface area contributed by atoms with Crippen molar-refractivity contribution in [3.63, 3.8) is 0 Å². The second-order valence-electron chi connectivity index (χ2n) is 6.35. The average Bonchev–Trinajstić information content (AvgIpc) is 2.49. The molecule has 0 aromatic heterocycles. The summed E-state index contributed by atoms with van der Waals surface area (Å²) in [6.07, 6.45) is 0.913. The van der Waals surface area contributed by atoms with Gasteiger partial charge in [0.2, 0.25) is 0 Å². The lowest BCUT2D eigenvalue weighted by Crippen LogP contribution is -2.48. The molecule has 23 heavy (non-hydrogen) atoms. The molecule has 1 saturated heterocycles. The average molecular weight is 318 g/mol. The fourth-order valence-corrected chi connectivity index (χ4v) is 2.69. The molecule has 6 nitrogen and oxygen atoms in total. The second kappa shape index (κ2) is 7.97. The van der Waals surface area contributed by atoms with Crippen LogP contribution in [0.15, 0.2) is 24.3 Å². The Labute approximate surface area is 137 Å². The third kappa shape index (κ3) is 4.96. The fourth-order valence-electron chi connectivity index (χ4n) is 2.69. The zero-order valence-electron chi connectivity index (χ0n) is 14.0. The summed E-state index contributed by atoms with van der Waals surface area (Å²) in [4.78, 5) is 24.5. The molecule has 6 heteroatoms. The maximum Gasteiger partial charge on any atom is 0.319 e. The van der Waals surface area contributed by atoms with Crippen molar-refractivity contribution in [2.45, 2.75) is 39.3 Å². The van der Waals surface area contributed by atoms with Gasteiger partial charge in [0, 0.05) is 12.1 Å². The monoisotopic (exact) mass is 318 g/mol. The van der Waals surface area contributed by atoms with Crippen LogP contribution in [-0.2, 0) is 0 Å². The Hall–Kier alpha value is -2.08. The first-order valence-electron chi connectivity index (χ1n) is 8.15. The first-order valence-corrected chi connectivity index (χ1v) is 8.15. The van der Waals surface area contributed by atoms with Crippen molar-refractivity contribution in [2.24, 2.45) is 5.92 Å². The Morgan fingerprint density at radius 3 is 2.70 bits per heavy atom. The molecule has 1 aliphatic heterocycles. The smallest absolute Gasteiger partial charge is 0.319 e. The van der Waals surface area contributed by atoms with Crippen LogP contribution in [0.1, 0.15) is 37.6 Å². The van der Waals surface area contributed by atoms with E-state index in [0.29, 0.717) is 17.2 Å². The van der Waals surface area contributed by atoms with Crippen LogP contribution in [0.3, 0.4) is 0 Å². The number of nitrogens with one attached hydrogen (secondary N) is 4. The van der Waals surface area contributed by atoms with E-state index in [1.165, 1.54) is 0 Å². The predicted octanol–water partition coefficient (Wildman–Crippen LogP) is 1.94. The van der Waals surface area contributed by atoms with Gasteiger partial charge in [-0.2, -0.15) is 0 Å². The van der Waals surface area contributed by atoms with E-state index in [-0.39, 0.29) is 24.0 Å². The molecular formula is C17H26N4O2. The Bertz CT molecular complexity index is 559. The number of benzene rings is 1. The van der Waals surface area contributed by atoms with Crippen molar-refractivity contribution in [3.05, 3.63) is 29.8 Å². The van der Waals surface area contributed by atoms with E-state index in [9.17, 15) is 9.59 Å². The zero-order valence-corrected chi connectivity index (χ0v) is 14.0. The molecule has 0 spiro atoms. The van der Waals surface area contributed by atoms with Gasteiger partial charge >= 0.3 is 6.03 Å². The van der Waals surface area contributed by atoms with E-state index in [0.717, 1.165) is 19.5 Å². The largest absolute Gasteiger partial charge is 0.349 e. The number of rotatable bonds is 4. The normalized spacial score (nSPS) is 20.9. The first kappa shape index (κ1) is 17.3. The van der Waals surface area contributed by atoms with E-state index >= 15 is 0 Å². The number of amides is 3. The van der Waals surface area contributed by atoms with E-state index in [4.69, 9.17) is 0 Å². The number of piperidine rings is 1. The summed E-state index contributed by atoms with van der Waals surface area (Å²) in [6, 6.07) is 6.94. The van der Waals surface area contributed by atoms with Gasteiger partial charge in [-0.3, -0.25) is 4.79 Å². The predicted molar refractivity (Wildman–Crippen MR) is 91.6 cm³/mol. The number of urea groups is 1. The molecule has 3 amide bonds. The van der Waals surface area contributed by atoms with E-state index in [1.807, 2.05) is 13.8 Å². The van der Waals surface area contributed by atoms with Crippen LogP contribution in [0.25, 0.3) is 0 Å². The summed E-state index contributed by atoms with van der Waals surface area (Å²) >= 11 is 0. The summed E-state index contributed by atoms with van der Waals surface area (Å²) in [5.74, 6) is 0.237. The molecule has 1 heterocycles. The molecule has 126 valence electrons. The lowest BCUT2D eigenvalue weighted by atomic mass is 9.95. The number of para-hydroxylation sites is 1. The van der Waals surface area contributed by atoms with Crippen molar-refractivity contribution in [3.8, 4) is 0 Å². The van der Waals surface area contributed by atoms with Crippen LogP contribution in [-0.4, -0.2) is 37.1 Å². The lowest BCUT2D eigenvalue weighted by molar-refractivity contribution is 0.0915. The van der Waals surface area contributed by atoms with Gasteiger partial charge in [0.1, 0.15) is 0 Å². The molecule has 2 rings (SSSR count). The van der Waals surface area contributed by atoms with Crippen molar-refractivity contribution in [1.29, 1.82) is 0 Å². The highest BCUT2D eigenvalue weighted by atomic mass is 16.2. The maximum atomic E-state index is 12.6. The minimum absolute atomic E-state index is 0.0339. The molecule has 0 radical (unpaired) electrons. The van der Waals surface area contributed by atoms with Crippen LogP contribution in [0.5, 0.6) is 0 Å². The van der Waals surface area contributed by atoms with E-state index in [1.54, 1.807) is 24.3 Å². The Morgan fingerprint density at radius 2 is 2.00 bits per heavy atom. The number of hydrogen-bond acceptors (Lipinski definition) is 3. The third-order valence-corrected chi connectivity index (χ3v) is 3.94. The molecule has 0 saturated carbocycles. The van der Waals surface area contributed by atoms with Gasteiger partial charge in [-0.15, -0.1) is 0 Å². The van der Waals surface area contributed by atoms with Crippen LogP contribution in [0.2, 0.25) is 0 Å². The van der Waals surface area contributed by atoms with Crippen molar-refractivity contribution in [1.82, 2.24) is 16.0 Å². The summed E-state index contributed by atoms with van der Waals surface area (Å²) in [5, 5.41) is 11.9. The third-order valence-electron chi connectivity index (χ3n) is 3.94. The van der Waals surface area contributed by atoms with Crippen LogP contribution < -0.4 is 21.3 Å². The Kier molecular flexibility index (Phi) is 5.98. The summed E-state index contributed by atoms with van der Waals surface area (Å²) in [6.45, 7) is 7.71. The summed E-state index contributed by atoms with van der Waals surface area (Å²) in [7, 11) is 0. The van der Waals surface area contributed by atoms with Gasteiger partial charge in [-0.05, 0) is 51.4 Å². The van der Waals surface area contributed by atoms with Crippen LogP contribution in [0.4, 0.5) is 10.5 Å². The number of anilines is 1. The number of hydrogen-bond donors (Lipinski definition) is 4. The number of carbonyl (C=O) groups excluding carboxylic acids is 2. The molecule has 4 N–H and O–H groups in total. The van der Waals surface area contributed by atoms with Gasteiger partial charge < -0.3 is 21.3 Å². The SMILES string of the molecule is CC(C)NC(=O)Nc1ccccc1C(=O)NC1CCNCC1C. The Morgan fingerprint density at radius 1 is 1.26 bits per heavy atom. The van der Waals surface area contributed by atoms with Gasteiger partial charge in [0.25, 0.3) is 5.91 Å². The standard InChI is InChI=1S/C17H26N4O2/c1-11(2)19-17(23)21-15-7-5-4-6-13(15)16(22)20-14-8-9-18-10-12(14)3/h4-7,11-12,14,18H,8-10H2,1-3H3,(H,20,22)(H2,19,21,23). The quantitative estimate of drug-likeness (QED) is 0.685. The van der Waals surface area contributed by atoms with Crippen molar-refractivity contribution in [2.75, 3.05) is 18.4 Å². The van der Waals surface area contributed by atoms with Gasteiger partial charge in [0.15, 0.2) is 0 Å². The van der Waals surface area contributed by atoms with Crippen molar-refractivity contribution < 1.29 is 9.59 Å². The minimum Gasteiger partial charge on any atom is -0.349 e. The topological polar surface area (TPSA) is 82.3 Å². The lowest BCUT2D eigenvalue weighted by Gasteiger charge is -2.30. The van der Waals surface area contributed by atoms with Gasteiger partial charge in [-0.25, -0.2) is 4.79 Å². The highest BCUT2D eigenvalue weighted by molar-refractivity contribution is 6.03. The molecule has 0 aliphatic carbocycles. The zero-order chi connectivity index (χ0) is 16.8. The minimum atomic E-state index is -0.310. The molecule has 1 aromatic rings. The van der Waals surface area contributed by atoms with Crippen molar-refractivity contribution >= 4 is 17.6 Å². The summed E-state index contributed by atoms with van der Waals surface area (Å²) in [5.41, 5.74) is 1.00. The molecule has 1 fully saturated rings. The molecule has 2 unspecified atom stereocenters. The van der Waals surface area contributed by atoms with Gasteiger partial charge in [-0.1, -0.05) is 19.1 Å². The van der Waals surface area contributed by atoms with Crippen LogP contribution >= 0.6 is 0 Å². The van der Waals surface area contributed by atoms with E-state index < -0.39 is 0 Å². The first-order chi connectivity index (χ1) is 11.0. The highest BCUT2D eigenvalue weighted by Crippen LogP contribution is 2.17. The maximum absolute atomic E-state index is 12.6. The fraction of sp³-hybridized carbons (Fsp3) is 0.529. The highest BCUT2D eigenvalue weighted by Gasteiger charge is 2.24. The Balaban J connectivity index is 2.06. The molecular weight excluding hydrogens is 292 g/mol. The van der Waals surface area contributed by atoms with E-state index in [2.05, 4.69) is 28.2 Å². The van der Waals surface area contributed by atoms with Crippen LogP contribution in [0, 0.1) is 5.92 Å². The second-order valence-corrected chi connectivity index (χ2v) is 6.35. The summed E-state index contributed by atoms with van der Waals surface area (Å²) < 4.78 is 0. The number of carbonyl (C=O) groups is 2. The molecule has 2 atom stereocenters.